The molecule has 1 heterocycles. The quantitative estimate of drug-likeness (QED) is 0.846. The maximum absolute atomic E-state index is 12.4. The molecule has 1 aliphatic rings. The Morgan fingerprint density at radius 1 is 1.59 bits per heavy atom. The minimum atomic E-state index is 0.0804. The molecule has 92 valence electrons. The third-order valence-corrected chi connectivity index (χ3v) is 3.17. The van der Waals surface area contributed by atoms with Gasteiger partial charge in [-0.05, 0) is 31.7 Å². The fourth-order valence-electron chi connectivity index (χ4n) is 1.92. The van der Waals surface area contributed by atoms with Crippen LogP contribution in [0.4, 0.5) is 5.69 Å². The number of nitrogens with one attached hydrogen (secondary N) is 1. The summed E-state index contributed by atoms with van der Waals surface area (Å²) in [6.07, 6.45) is 5.86. The third kappa shape index (κ3) is 2.75. The number of rotatable bonds is 5. The van der Waals surface area contributed by atoms with Crippen LogP contribution in [-0.4, -0.2) is 35.9 Å². The molecule has 0 bridgehead atoms. The van der Waals surface area contributed by atoms with E-state index in [2.05, 4.69) is 10.3 Å². The van der Waals surface area contributed by atoms with Gasteiger partial charge in [0, 0.05) is 38.2 Å². The molecule has 1 fully saturated rings. The molecule has 1 aliphatic carbocycles. The molecular formula is C13H19N3O. The van der Waals surface area contributed by atoms with Gasteiger partial charge in [0.15, 0.2) is 0 Å². The fraction of sp³-hybridized carbons (Fsp3) is 0.538. The second-order valence-electron chi connectivity index (χ2n) is 4.46. The Hall–Kier alpha value is -1.58. The molecular weight excluding hydrogens is 214 g/mol. The maximum atomic E-state index is 12.4. The Kier molecular flexibility index (Phi) is 3.61. The summed E-state index contributed by atoms with van der Waals surface area (Å²) in [6.45, 7) is 3.66. The number of aromatic nitrogens is 1. The van der Waals surface area contributed by atoms with E-state index in [1.807, 2.05) is 24.9 Å². The largest absolute Gasteiger partial charge is 0.387 e. The van der Waals surface area contributed by atoms with Crippen molar-refractivity contribution in [1.82, 2.24) is 9.88 Å². The molecule has 0 radical (unpaired) electrons. The van der Waals surface area contributed by atoms with Crippen LogP contribution in [0.2, 0.25) is 0 Å². The van der Waals surface area contributed by atoms with E-state index in [9.17, 15) is 4.79 Å². The highest BCUT2D eigenvalue weighted by Crippen LogP contribution is 2.30. The van der Waals surface area contributed by atoms with E-state index in [1.54, 1.807) is 12.4 Å². The van der Waals surface area contributed by atoms with Crippen molar-refractivity contribution in [2.24, 2.45) is 5.92 Å². The minimum absolute atomic E-state index is 0.0804. The summed E-state index contributed by atoms with van der Waals surface area (Å²) in [7, 11) is 1.82. The Morgan fingerprint density at radius 3 is 2.94 bits per heavy atom. The molecule has 1 amide bonds. The summed E-state index contributed by atoms with van der Waals surface area (Å²) < 4.78 is 0. The highest BCUT2D eigenvalue weighted by Gasteiger charge is 2.27. The number of carbonyl (C=O) groups excluding carboxylic acids is 1. The van der Waals surface area contributed by atoms with Crippen molar-refractivity contribution in [3.63, 3.8) is 0 Å². The van der Waals surface area contributed by atoms with E-state index in [1.165, 1.54) is 12.8 Å². The average molecular weight is 233 g/mol. The van der Waals surface area contributed by atoms with Crippen LogP contribution in [0.5, 0.6) is 0 Å². The van der Waals surface area contributed by atoms with Gasteiger partial charge >= 0.3 is 0 Å². The first-order chi connectivity index (χ1) is 8.26. The molecule has 0 atom stereocenters. The van der Waals surface area contributed by atoms with Crippen molar-refractivity contribution in [2.75, 3.05) is 25.5 Å². The summed E-state index contributed by atoms with van der Waals surface area (Å²) >= 11 is 0. The number of pyridine rings is 1. The summed E-state index contributed by atoms with van der Waals surface area (Å²) in [6, 6.07) is 1.83. The zero-order valence-corrected chi connectivity index (χ0v) is 10.4. The SMILES string of the molecule is CCN(CC1CC1)C(=O)c1cnccc1NC. The van der Waals surface area contributed by atoms with Crippen molar-refractivity contribution in [3.05, 3.63) is 24.0 Å². The zero-order chi connectivity index (χ0) is 12.3. The van der Waals surface area contributed by atoms with Gasteiger partial charge in [0.2, 0.25) is 0 Å². The molecule has 0 unspecified atom stereocenters. The summed E-state index contributed by atoms with van der Waals surface area (Å²) in [5.41, 5.74) is 1.51. The van der Waals surface area contributed by atoms with Gasteiger partial charge in [-0.25, -0.2) is 0 Å². The van der Waals surface area contributed by atoms with E-state index in [-0.39, 0.29) is 5.91 Å². The van der Waals surface area contributed by atoms with Crippen LogP contribution in [0.15, 0.2) is 18.5 Å². The first-order valence-corrected chi connectivity index (χ1v) is 6.17. The fourth-order valence-corrected chi connectivity index (χ4v) is 1.92. The Bertz CT molecular complexity index is 401. The van der Waals surface area contributed by atoms with Crippen LogP contribution in [-0.2, 0) is 0 Å². The Balaban J connectivity index is 2.15. The van der Waals surface area contributed by atoms with Gasteiger partial charge in [-0.1, -0.05) is 0 Å². The molecule has 4 heteroatoms. The highest BCUT2D eigenvalue weighted by atomic mass is 16.2. The van der Waals surface area contributed by atoms with Gasteiger partial charge in [0.1, 0.15) is 0 Å². The van der Waals surface area contributed by atoms with Crippen LogP contribution in [0.25, 0.3) is 0 Å². The molecule has 0 aromatic carbocycles. The van der Waals surface area contributed by atoms with Gasteiger partial charge < -0.3 is 10.2 Å². The van der Waals surface area contributed by atoms with Crippen molar-refractivity contribution >= 4 is 11.6 Å². The number of carbonyl (C=O) groups is 1. The maximum Gasteiger partial charge on any atom is 0.257 e. The molecule has 17 heavy (non-hydrogen) atoms. The molecule has 1 aromatic rings. The molecule has 0 spiro atoms. The molecule has 4 nitrogen and oxygen atoms in total. The van der Waals surface area contributed by atoms with Crippen LogP contribution >= 0.6 is 0 Å². The highest BCUT2D eigenvalue weighted by molar-refractivity contribution is 5.99. The van der Waals surface area contributed by atoms with Crippen molar-refractivity contribution in [2.45, 2.75) is 19.8 Å². The number of anilines is 1. The predicted octanol–water partition coefficient (Wildman–Crippen LogP) is 2.00. The Morgan fingerprint density at radius 2 is 2.35 bits per heavy atom. The second kappa shape index (κ2) is 5.17. The lowest BCUT2D eigenvalue weighted by Gasteiger charge is -2.21. The predicted molar refractivity (Wildman–Crippen MR) is 68.1 cm³/mol. The van der Waals surface area contributed by atoms with Gasteiger partial charge in [-0.3, -0.25) is 9.78 Å². The van der Waals surface area contributed by atoms with Crippen LogP contribution in [0.1, 0.15) is 30.1 Å². The smallest absolute Gasteiger partial charge is 0.257 e. The molecule has 1 N–H and O–H groups in total. The number of hydrogen-bond donors (Lipinski definition) is 1. The van der Waals surface area contributed by atoms with Crippen LogP contribution < -0.4 is 5.32 Å². The number of nitrogens with zero attached hydrogens (tertiary/aromatic N) is 2. The second-order valence-corrected chi connectivity index (χ2v) is 4.46. The van der Waals surface area contributed by atoms with Crippen LogP contribution in [0.3, 0.4) is 0 Å². The van der Waals surface area contributed by atoms with Crippen LogP contribution in [0, 0.1) is 5.92 Å². The first-order valence-electron chi connectivity index (χ1n) is 6.17. The lowest BCUT2D eigenvalue weighted by molar-refractivity contribution is 0.0757. The monoisotopic (exact) mass is 233 g/mol. The standard InChI is InChI=1S/C13H19N3O/c1-3-16(9-10-4-5-10)13(17)11-8-15-7-6-12(11)14-2/h6-8,10H,3-5,9H2,1-2H3,(H,14,15). The molecule has 1 aromatic heterocycles. The Labute approximate surface area is 102 Å². The van der Waals surface area contributed by atoms with E-state index in [0.29, 0.717) is 11.5 Å². The van der Waals surface area contributed by atoms with Gasteiger partial charge in [-0.15, -0.1) is 0 Å². The summed E-state index contributed by atoms with van der Waals surface area (Å²) in [5.74, 6) is 0.797. The van der Waals surface area contributed by atoms with E-state index in [0.717, 1.165) is 18.8 Å². The van der Waals surface area contributed by atoms with Gasteiger partial charge in [-0.2, -0.15) is 0 Å². The molecule has 2 rings (SSSR count). The summed E-state index contributed by atoms with van der Waals surface area (Å²) in [4.78, 5) is 18.3. The van der Waals surface area contributed by atoms with Crippen molar-refractivity contribution in [1.29, 1.82) is 0 Å². The lowest BCUT2D eigenvalue weighted by Crippen LogP contribution is -2.33. The van der Waals surface area contributed by atoms with Crippen molar-refractivity contribution < 1.29 is 4.79 Å². The first kappa shape index (κ1) is 11.9. The normalized spacial score (nSPS) is 14.5. The topological polar surface area (TPSA) is 45.2 Å². The molecule has 0 saturated heterocycles. The lowest BCUT2D eigenvalue weighted by atomic mass is 10.2. The summed E-state index contributed by atoms with van der Waals surface area (Å²) in [5, 5.41) is 3.04. The average Bonchev–Trinajstić information content (AvgIpc) is 3.19. The minimum Gasteiger partial charge on any atom is -0.387 e. The van der Waals surface area contributed by atoms with E-state index in [4.69, 9.17) is 0 Å². The zero-order valence-electron chi connectivity index (χ0n) is 10.4. The number of hydrogen-bond acceptors (Lipinski definition) is 3. The van der Waals surface area contributed by atoms with E-state index >= 15 is 0 Å². The van der Waals surface area contributed by atoms with Crippen molar-refractivity contribution in [3.8, 4) is 0 Å². The molecule has 1 saturated carbocycles. The van der Waals surface area contributed by atoms with Gasteiger partial charge in [0.25, 0.3) is 5.91 Å². The van der Waals surface area contributed by atoms with Gasteiger partial charge in [0.05, 0.1) is 5.56 Å². The molecule has 0 aliphatic heterocycles. The number of amides is 1. The van der Waals surface area contributed by atoms with E-state index < -0.39 is 0 Å². The third-order valence-electron chi connectivity index (χ3n) is 3.17.